The first-order valence-corrected chi connectivity index (χ1v) is 8.88. The van der Waals surface area contributed by atoms with Gasteiger partial charge >= 0.3 is 0 Å². The Kier molecular flexibility index (Phi) is 10.3. The zero-order chi connectivity index (χ0) is 14.6. The van der Waals surface area contributed by atoms with Gasteiger partial charge < -0.3 is 15.0 Å². The monoisotopic (exact) mass is 284 g/mol. The highest BCUT2D eigenvalue weighted by atomic mass is 16.5. The smallest absolute Gasteiger partial charge is 0.0707 e. The standard InChI is InChI=1S/C17H36N2O/c1-4-7-12-19(13-8-5-2)15-17-10-9-16(20-17)14-18-11-6-3/h16-18H,4-15H2,1-3H3. The molecule has 0 amide bonds. The summed E-state index contributed by atoms with van der Waals surface area (Å²) in [5.74, 6) is 0. The van der Waals surface area contributed by atoms with Gasteiger partial charge in [-0.05, 0) is 51.7 Å². The molecule has 120 valence electrons. The molecule has 0 aliphatic carbocycles. The van der Waals surface area contributed by atoms with Crippen molar-refractivity contribution in [2.75, 3.05) is 32.7 Å². The van der Waals surface area contributed by atoms with E-state index in [-0.39, 0.29) is 0 Å². The Labute approximate surface area is 126 Å². The highest BCUT2D eigenvalue weighted by Crippen LogP contribution is 2.20. The number of nitrogens with zero attached hydrogens (tertiary/aromatic N) is 1. The first-order valence-electron chi connectivity index (χ1n) is 8.88. The molecule has 3 heteroatoms. The lowest BCUT2D eigenvalue weighted by molar-refractivity contribution is 0.0229. The van der Waals surface area contributed by atoms with E-state index in [0.29, 0.717) is 12.2 Å². The van der Waals surface area contributed by atoms with Gasteiger partial charge in [-0.25, -0.2) is 0 Å². The summed E-state index contributed by atoms with van der Waals surface area (Å²) in [6.45, 7) is 12.6. The number of hydrogen-bond donors (Lipinski definition) is 1. The van der Waals surface area contributed by atoms with Gasteiger partial charge in [-0.1, -0.05) is 33.6 Å². The van der Waals surface area contributed by atoms with Crippen molar-refractivity contribution in [3.8, 4) is 0 Å². The van der Waals surface area contributed by atoms with Crippen LogP contribution in [0, 0.1) is 0 Å². The Balaban J connectivity index is 2.22. The molecule has 20 heavy (non-hydrogen) atoms. The molecule has 0 radical (unpaired) electrons. The van der Waals surface area contributed by atoms with Gasteiger partial charge in [-0.2, -0.15) is 0 Å². The Hall–Kier alpha value is -0.120. The van der Waals surface area contributed by atoms with Crippen LogP contribution in [0.5, 0.6) is 0 Å². The van der Waals surface area contributed by atoms with E-state index in [1.807, 2.05) is 0 Å². The fourth-order valence-corrected chi connectivity index (χ4v) is 2.85. The highest BCUT2D eigenvalue weighted by molar-refractivity contribution is 4.78. The molecule has 2 atom stereocenters. The molecule has 1 rings (SSSR count). The van der Waals surface area contributed by atoms with Crippen LogP contribution in [0.15, 0.2) is 0 Å². The Morgan fingerprint density at radius 3 is 2.20 bits per heavy atom. The Morgan fingerprint density at radius 1 is 0.950 bits per heavy atom. The Morgan fingerprint density at radius 2 is 1.60 bits per heavy atom. The van der Waals surface area contributed by atoms with Gasteiger partial charge in [0.05, 0.1) is 12.2 Å². The van der Waals surface area contributed by atoms with E-state index in [9.17, 15) is 0 Å². The minimum absolute atomic E-state index is 0.450. The van der Waals surface area contributed by atoms with E-state index in [4.69, 9.17) is 4.74 Å². The fourth-order valence-electron chi connectivity index (χ4n) is 2.85. The molecule has 1 aliphatic heterocycles. The van der Waals surface area contributed by atoms with Crippen LogP contribution in [-0.4, -0.2) is 49.8 Å². The number of ether oxygens (including phenoxy) is 1. The molecule has 0 saturated carbocycles. The first-order chi connectivity index (χ1) is 9.80. The second kappa shape index (κ2) is 11.5. The van der Waals surface area contributed by atoms with E-state index in [1.165, 1.54) is 58.0 Å². The van der Waals surface area contributed by atoms with Crippen molar-refractivity contribution >= 4 is 0 Å². The summed E-state index contributed by atoms with van der Waals surface area (Å²) in [5, 5.41) is 3.48. The van der Waals surface area contributed by atoms with Gasteiger partial charge in [0.15, 0.2) is 0 Å². The largest absolute Gasteiger partial charge is 0.372 e. The summed E-state index contributed by atoms with van der Waals surface area (Å²) in [7, 11) is 0. The third kappa shape index (κ3) is 7.61. The molecule has 1 fully saturated rings. The van der Waals surface area contributed by atoms with Crippen molar-refractivity contribution in [2.24, 2.45) is 0 Å². The van der Waals surface area contributed by atoms with Crippen molar-refractivity contribution in [2.45, 2.75) is 77.9 Å². The van der Waals surface area contributed by atoms with Gasteiger partial charge in [-0.15, -0.1) is 0 Å². The van der Waals surface area contributed by atoms with Gasteiger partial charge in [0.25, 0.3) is 0 Å². The van der Waals surface area contributed by atoms with Crippen LogP contribution in [0.1, 0.15) is 65.7 Å². The van der Waals surface area contributed by atoms with E-state index >= 15 is 0 Å². The predicted molar refractivity (Wildman–Crippen MR) is 87.3 cm³/mol. The molecule has 0 aromatic heterocycles. The van der Waals surface area contributed by atoms with Crippen molar-refractivity contribution in [3.05, 3.63) is 0 Å². The van der Waals surface area contributed by atoms with E-state index < -0.39 is 0 Å². The number of unbranched alkanes of at least 4 members (excludes halogenated alkanes) is 2. The van der Waals surface area contributed by atoms with Crippen molar-refractivity contribution in [1.82, 2.24) is 10.2 Å². The SMILES string of the molecule is CCCCN(CCCC)CC1CCC(CNCCC)O1. The molecule has 1 saturated heterocycles. The molecule has 0 aromatic rings. The lowest BCUT2D eigenvalue weighted by Gasteiger charge is -2.25. The summed E-state index contributed by atoms with van der Waals surface area (Å²) in [4.78, 5) is 2.62. The molecular formula is C17H36N2O. The van der Waals surface area contributed by atoms with E-state index in [0.717, 1.165) is 19.6 Å². The van der Waals surface area contributed by atoms with Crippen LogP contribution >= 0.6 is 0 Å². The van der Waals surface area contributed by atoms with E-state index in [1.54, 1.807) is 0 Å². The van der Waals surface area contributed by atoms with Crippen LogP contribution in [0.3, 0.4) is 0 Å². The fraction of sp³-hybridized carbons (Fsp3) is 1.00. The molecule has 1 N–H and O–H groups in total. The maximum absolute atomic E-state index is 6.19. The minimum atomic E-state index is 0.450. The maximum atomic E-state index is 6.19. The molecule has 0 bridgehead atoms. The number of hydrogen-bond acceptors (Lipinski definition) is 3. The summed E-state index contributed by atoms with van der Waals surface area (Å²) in [6.07, 6.45) is 9.82. The van der Waals surface area contributed by atoms with Crippen LogP contribution < -0.4 is 5.32 Å². The number of rotatable bonds is 12. The van der Waals surface area contributed by atoms with Crippen LogP contribution in [0.4, 0.5) is 0 Å². The third-order valence-corrected chi connectivity index (χ3v) is 4.11. The lowest BCUT2D eigenvalue weighted by Crippen LogP contribution is -2.35. The minimum Gasteiger partial charge on any atom is -0.372 e. The normalized spacial score (nSPS) is 22.8. The molecule has 1 aliphatic rings. The summed E-state index contributed by atoms with van der Waals surface area (Å²) in [6, 6.07) is 0. The Bertz CT molecular complexity index is 215. The van der Waals surface area contributed by atoms with Gasteiger partial charge in [0.1, 0.15) is 0 Å². The quantitative estimate of drug-likeness (QED) is 0.556. The van der Waals surface area contributed by atoms with E-state index in [2.05, 4.69) is 31.0 Å². The predicted octanol–water partition coefficient (Wildman–Crippen LogP) is 3.44. The lowest BCUT2D eigenvalue weighted by atomic mass is 10.1. The van der Waals surface area contributed by atoms with Crippen molar-refractivity contribution in [3.63, 3.8) is 0 Å². The highest BCUT2D eigenvalue weighted by Gasteiger charge is 2.26. The van der Waals surface area contributed by atoms with Crippen LogP contribution in [0.2, 0.25) is 0 Å². The number of nitrogens with one attached hydrogen (secondary N) is 1. The molecule has 2 unspecified atom stereocenters. The molecule has 1 heterocycles. The third-order valence-electron chi connectivity index (χ3n) is 4.11. The molecule has 3 nitrogen and oxygen atoms in total. The summed E-state index contributed by atoms with van der Waals surface area (Å²) >= 11 is 0. The summed E-state index contributed by atoms with van der Waals surface area (Å²) in [5.41, 5.74) is 0. The summed E-state index contributed by atoms with van der Waals surface area (Å²) < 4.78 is 6.19. The van der Waals surface area contributed by atoms with Crippen molar-refractivity contribution < 1.29 is 4.74 Å². The van der Waals surface area contributed by atoms with Crippen LogP contribution in [0.25, 0.3) is 0 Å². The van der Waals surface area contributed by atoms with Gasteiger partial charge in [0.2, 0.25) is 0 Å². The molecule has 0 aromatic carbocycles. The average molecular weight is 284 g/mol. The van der Waals surface area contributed by atoms with Crippen molar-refractivity contribution in [1.29, 1.82) is 0 Å². The maximum Gasteiger partial charge on any atom is 0.0707 e. The zero-order valence-electron chi connectivity index (χ0n) is 14.0. The zero-order valence-corrected chi connectivity index (χ0v) is 14.0. The second-order valence-electron chi connectivity index (χ2n) is 6.17. The van der Waals surface area contributed by atoms with Gasteiger partial charge in [0, 0.05) is 13.1 Å². The molecular weight excluding hydrogens is 248 g/mol. The van der Waals surface area contributed by atoms with Gasteiger partial charge in [-0.3, -0.25) is 0 Å². The average Bonchev–Trinajstić information content (AvgIpc) is 2.89. The second-order valence-corrected chi connectivity index (χ2v) is 6.17. The van der Waals surface area contributed by atoms with Crippen LogP contribution in [-0.2, 0) is 4.74 Å². The topological polar surface area (TPSA) is 24.5 Å². The first kappa shape index (κ1) is 17.9. The molecule has 0 spiro atoms.